The Morgan fingerprint density at radius 2 is 1.63 bits per heavy atom. The van der Waals surface area contributed by atoms with Gasteiger partial charge in [-0.25, -0.2) is 0 Å². The number of hydrogen-bond donors (Lipinski definition) is 1. The predicted octanol–water partition coefficient (Wildman–Crippen LogP) is 2.78. The summed E-state index contributed by atoms with van der Waals surface area (Å²) in [6.45, 7) is 6.82. The van der Waals surface area contributed by atoms with E-state index in [1.54, 1.807) is 14.2 Å². The van der Waals surface area contributed by atoms with Gasteiger partial charge < -0.3 is 19.5 Å². The van der Waals surface area contributed by atoms with Crippen LogP contribution in [0, 0.1) is 0 Å². The van der Waals surface area contributed by atoms with Crippen molar-refractivity contribution in [2.45, 2.75) is 32.4 Å². The molecule has 0 aliphatic carbocycles. The number of likely N-dealkylation sites (N-methyl/N-ethyl adjacent to an activating group) is 1. The van der Waals surface area contributed by atoms with E-state index in [4.69, 9.17) is 14.2 Å². The Hall–Kier alpha value is -1.26. The van der Waals surface area contributed by atoms with E-state index in [-0.39, 0.29) is 11.6 Å². The van der Waals surface area contributed by atoms with E-state index in [1.165, 1.54) is 0 Å². The Labute approximate surface area is 116 Å². The van der Waals surface area contributed by atoms with Crippen LogP contribution in [-0.2, 0) is 4.74 Å². The van der Waals surface area contributed by atoms with Gasteiger partial charge in [-0.05, 0) is 45.5 Å². The van der Waals surface area contributed by atoms with Crippen molar-refractivity contribution in [1.29, 1.82) is 0 Å². The summed E-state index contributed by atoms with van der Waals surface area (Å²) in [5, 5.41) is 3.31. The minimum atomic E-state index is -0.319. The predicted molar refractivity (Wildman–Crippen MR) is 77.1 cm³/mol. The number of nitrogens with one attached hydrogen (secondary N) is 1. The molecule has 19 heavy (non-hydrogen) atoms. The van der Waals surface area contributed by atoms with Gasteiger partial charge in [0.05, 0.1) is 25.9 Å². The van der Waals surface area contributed by atoms with Gasteiger partial charge in [0.2, 0.25) is 0 Å². The van der Waals surface area contributed by atoms with Crippen LogP contribution in [0.3, 0.4) is 0 Å². The van der Waals surface area contributed by atoms with Crippen molar-refractivity contribution in [3.05, 3.63) is 23.8 Å². The third-order valence-corrected chi connectivity index (χ3v) is 3.21. The van der Waals surface area contributed by atoms with Crippen molar-refractivity contribution < 1.29 is 14.2 Å². The smallest absolute Gasteiger partial charge is 0.122 e. The Bertz CT molecular complexity index is 382. The summed E-state index contributed by atoms with van der Waals surface area (Å²) in [6, 6.07) is 5.93. The highest BCUT2D eigenvalue weighted by molar-refractivity contribution is 5.40. The highest BCUT2D eigenvalue weighted by atomic mass is 16.5. The van der Waals surface area contributed by atoms with Gasteiger partial charge in [0.25, 0.3) is 0 Å². The third kappa shape index (κ3) is 3.85. The van der Waals surface area contributed by atoms with Gasteiger partial charge in [0.1, 0.15) is 11.5 Å². The number of ether oxygens (including phenoxy) is 3. The monoisotopic (exact) mass is 267 g/mol. The zero-order chi connectivity index (χ0) is 14.5. The number of benzene rings is 1. The summed E-state index contributed by atoms with van der Waals surface area (Å²) in [5.74, 6) is 1.56. The molecule has 0 saturated carbocycles. The molecule has 1 aromatic carbocycles. The van der Waals surface area contributed by atoms with Crippen LogP contribution in [0.2, 0.25) is 0 Å². The van der Waals surface area contributed by atoms with E-state index in [9.17, 15) is 0 Å². The summed E-state index contributed by atoms with van der Waals surface area (Å²) in [4.78, 5) is 0. The first-order valence-electron chi connectivity index (χ1n) is 6.52. The van der Waals surface area contributed by atoms with Crippen molar-refractivity contribution in [2.75, 3.05) is 27.9 Å². The largest absolute Gasteiger partial charge is 0.497 e. The molecule has 1 aromatic rings. The topological polar surface area (TPSA) is 39.7 Å². The van der Waals surface area contributed by atoms with Gasteiger partial charge >= 0.3 is 0 Å². The zero-order valence-corrected chi connectivity index (χ0v) is 12.7. The van der Waals surface area contributed by atoms with E-state index in [0.29, 0.717) is 6.61 Å². The molecule has 4 heteroatoms. The van der Waals surface area contributed by atoms with E-state index in [0.717, 1.165) is 17.1 Å². The number of rotatable bonds is 7. The normalized spacial score (nSPS) is 13.2. The van der Waals surface area contributed by atoms with E-state index in [2.05, 4.69) is 19.2 Å². The van der Waals surface area contributed by atoms with E-state index >= 15 is 0 Å². The lowest BCUT2D eigenvalue weighted by atomic mass is 9.91. The molecule has 1 atom stereocenters. The number of methoxy groups -OCH3 is 2. The van der Waals surface area contributed by atoms with Gasteiger partial charge in [-0.2, -0.15) is 0 Å². The maximum Gasteiger partial charge on any atom is 0.122 e. The van der Waals surface area contributed by atoms with Crippen LogP contribution in [-0.4, -0.2) is 33.5 Å². The van der Waals surface area contributed by atoms with Gasteiger partial charge in [-0.3, -0.25) is 0 Å². The van der Waals surface area contributed by atoms with Crippen LogP contribution in [0.25, 0.3) is 0 Å². The van der Waals surface area contributed by atoms with Gasteiger partial charge in [0.15, 0.2) is 0 Å². The summed E-state index contributed by atoms with van der Waals surface area (Å²) in [5.41, 5.74) is 0.762. The Morgan fingerprint density at radius 3 is 2.00 bits per heavy atom. The lowest BCUT2D eigenvalue weighted by molar-refractivity contribution is -0.0375. The molecular formula is C15H25NO3. The van der Waals surface area contributed by atoms with Gasteiger partial charge in [-0.15, -0.1) is 0 Å². The molecule has 1 unspecified atom stereocenters. The standard InChI is InChI=1S/C15H25NO3/c1-7-19-15(2,3)14(16-4)11-8-12(17-5)10-13(9-11)18-6/h8-10,14,16H,7H2,1-6H3. The number of hydrogen-bond acceptors (Lipinski definition) is 4. The maximum absolute atomic E-state index is 5.84. The molecule has 0 fully saturated rings. The SMILES string of the molecule is CCOC(C)(C)C(NC)c1cc(OC)cc(OC)c1. The fourth-order valence-electron chi connectivity index (χ4n) is 2.37. The summed E-state index contributed by atoms with van der Waals surface area (Å²) >= 11 is 0. The van der Waals surface area contributed by atoms with Gasteiger partial charge in [-0.1, -0.05) is 0 Å². The van der Waals surface area contributed by atoms with Crippen LogP contribution in [0.4, 0.5) is 0 Å². The minimum Gasteiger partial charge on any atom is -0.497 e. The minimum absolute atomic E-state index is 0.0523. The first-order chi connectivity index (χ1) is 8.98. The van der Waals surface area contributed by atoms with Crippen LogP contribution in [0.1, 0.15) is 32.4 Å². The lowest BCUT2D eigenvalue weighted by Gasteiger charge is -2.34. The van der Waals surface area contributed by atoms with E-state index in [1.807, 2.05) is 32.2 Å². The second-order valence-corrected chi connectivity index (χ2v) is 4.90. The molecule has 0 saturated heterocycles. The average molecular weight is 267 g/mol. The van der Waals surface area contributed by atoms with Crippen LogP contribution < -0.4 is 14.8 Å². The first kappa shape index (κ1) is 15.8. The molecule has 1 N–H and O–H groups in total. The van der Waals surface area contributed by atoms with Crippen molar-refractivity contribution in [1.82, 2.24) is 5.32 Å². The molecule has 0 amide bonds. The average Bonchev–Trinajstić information content (AvgIpc) is 2.38. The molecule has 0 radical (unpaired) electrons. The molecule has 0 aromatic heterocycles. The molecule has 0 aliphatic heterocycles. The molecular weight excluding hydrogens is 242 g/mol. The molecule has 0 spiro atoms. The van der Waals surface area contributed by atoms with Crippen molar-refractivity contribution in [3.8, 4) is 11.5 Å². The summed E-state index contributed by atoms with van der Waals surface area (Å²) in [7, 11) is 5.23. The van der Waals surface area contributed by atoms with Crippen molar-refractivity contribution in [2.24, 2.45) is 0 Å². The summed E-state index contributed by atoms with van der Waals surface area (Å²) < 4.78 is 16.5. The summed E-state index contributed by atoms with van der Waals surface area (Å²) in [6.07, 6.45) is 0. The highest BCUT2D eigenvalue weighted by Crippen LogP contribution is 2.33. The molecule has 108 valence electrons. The molecule has 0 aliphatic rings. The first-order valence-corrected chi connectivity index (χ1v) is 6.52. The maximum atomic E-state index is 5.84. The second-order valence-electron chi connectivity index (χ2n) is 4.90. The lowest BCUT2D eigenvalue weighted by Crippen LogP contribution is -2.40. The Kier molecular flexibility index (Phi) is 5.63. The highest BCUT2D eigenvalue weighted by Gasteiger charge is 2.30. The van der Waals surface area contributed by atoms with Crippen LogP contribution in [0.15, 0.2) is 18.2 Å². The molecule has 4 nitrogen and oxygen atoms in total. The van der Waals surface area contributed by atoms with Crippen LogP contribution in [0.5, 0.6) is 11.5 Å². The van der Waals surface area contributed by atoms with Gasteiger partial charge in [0, 0.05) is 12.7 Å². The Morgan fingerprint density at radius 1 is 1.11 bits per heavy atom. The molecule has 0 heterocycles. The molecule has 1 rings (SSSR count). The zero-order valence-electron chi connectivity index (χ0n) is 12.7. The van der Waals surface area contributed by atoms with Crippen molar-refractivity contribution in [3.63, 3.8) is 0 Å². The van der Waals surface area contributed by atoms with Crippen LogP contribution >= 0.6 is 0 Å². The second kappa shape index (κ2) is 6.78. The molecule has 0 bridgehead atoms. The fraction of sp³-hybridized carbons (Fsp3) is 0.600. The Balaban J connectivity index is 3.16. The quantitative estimate of drug-likeness (QED) is 0.824. The van der Waals surface area contributed by atoms with Crippen molar-refractivity contribution >= 4 is 0 Å². The van der Waals surface area contributed by atoms with E-state index < -0.39 is 0 Å². The fourth-order valence-corrected chi connectivity index (χ4v) is 2.37. The third-order valence-electron chi connectivity index (χ3n) is 3.21.